The summed E-state index contributed by atoms with van der Waals surface area (Å²) in [5.41, 5.74) is 1.67. The highest BCUT2D eigenvalue weighted by Crippen LogP contribution is 2.20. The summed E-state index contributed by atoms with van der Waals surface area (Å²) in [6, 6.07) is 14.7. The fraction of sp³-hybridized carbons (Fsp3) is 0.105. The number of nitrogens with one attached hydrogen (secondary N) is 1. The van der Waals surface area contributed by atoms with Gasteiger partial charge in [0, 0.05) is 23.6 Å². The third-order valence-corrected chi connectivity index (χ3v) is 3.58. The van der Waals surface area contributed by atoms with Crippen LogP contribution in [0.3, 0.4) is 0 Å². The van der Waals surface area contributed by atoms with Crippen LogP contribution >= 0.6 is 0 Å². The average molecular weight is 338 g/mol. The highest BCUT2D eigenvalue weighted by molar-refractivity contribution is 6.04. The predicted octanol–water partition coefficient (Wildman–Crippen LogP) is 3.69. The number of aromatic nitrogens is 1. The van der Waals surface area contributed by atoms with Crippen molar-refractivity contribution in [1.29, 1.82) is 0 Å². The van der Waals surface area contributed by atoms with Crippen molar-refractivity contribution in [3.8, 4) is 0 Å². The van der Waals surface area contributed by atoms with E-state index >= 15 is 0 Å². The molecule has 25 heavy (non-hydrogen) atoms. The molecular weight excluding hydrogens is 323 g/mol. The van der Waals surface area contributed by atoms with Gasteiger partial charge in [0.15, 0.2) is 0 Å². The number of fused-ring (bicyclic) bond motifs is 1. The van der Waals surface area contributed by atoms with Gasteiger partial charge in [0.1, 0.15) is 18.1 Å². The molecule has 0 saturated heterocycles. The number of rotatable bonds is 4. The highest BCUT2D eigenvalue weighted by atomic mass is 19.1. The van der Waals surface area contributed by atoms with Crippen LogP contribution in [0.1, 0.15) is 23.0 Å². The SMILES string of the molecule is CC(=O)OCc1cc(F)ccc1NC(=O)c1ccc2ccccc2n1. The Morgan fingerprint density at radius 2 is 1.92 bits per heavy atom. The van der Waals surface area contributed by atoms with Crippen LogP contribution in [0, 0.1) is 5.82 Å². The lowest BCUT2D eigenvalue weighted by Crippen LogP contribution is -2.15. The summed E-state index contributed by atoms with van der Waals surface area (Å²) in [5, 5.41) is 3.61. The van der Waals surface area contributed by atoms with Crippen molar-refractivity contribution in [2.75, 3.05) is 5.32 Å². The molecule has 0 aliphatic heterocycles. The van der Waals surface area contributed by atoms with Crippen molar-refractivity contribution in [2.45, 2.75) is 13.5 Å². The maximum absolute atomic E-state index is 13.4. The van der Waals surface area contributed by atoms with Gasteiger partial charge in [-0.05, 0) is 30.3 Å². The van der Waals surface area contributed by atoms with Crippen LogP contribution in [-0.4, -0.2) is 16.9 Å². The van der Waals surface area contributed by atoms with Crippen molar-refractivity contribution in [3.05, 3.63) is 71.7 Å². The fourth-order valence-electron chi connectivity index (χ4n) is 2.36. The number of esters is 1. The second kappa shape index (κ2) is 7.09. The minimum atomic E-state index is -0.488. The van der Waals surface area contributed by atoms with Crippen LogP contribution < -0.4 is 5.32 Å². The van der Waals surface area contributed by atoms with Gasteiger partial charge in [0.2, 0.25) is 0 Å². The molecule has 1 aromatic heterocycles. The molecule has 1 amide bonds. The molecule has 0 aliphatic carbocycles. The Hall–Kier alpha value is -3.28. The van der Waals surface area contributed by atoms with Crippen LogP contribution in [0.15, 0.2) is 54.6 Å². The Morgan fingerprint density at radius 3 is 2.72 bits per heavy atom. The molecule has 0 spiro atoms. The van der Waals surface area contributed by atoms with E-state index in [2.05, 4.69) is 10.3 Å². The number of benzene rings is 2. The van der Waals surface area contributed by atoms with E-state index in [4.69, 9.17) is 4.74 Å². The molecule has 0 radical (unpaired) electrons. The quantitative estimate of drug-likeness (QED) is 0.737. The zero-order chi connectivity index (χ0) is 17.8. The van der Waals surface area contributed by atoms with Gasteiger partial charge in [-0.3, -0.25) is 9.59 Å². The molecule has 3 aromatic rings. The van der Waals surface area contributed by atoms with Crippen LogP contribution in [0.5, 0.6) is 0 Å². The van der Waals surface area contributed by atoms with Gasteiger partial charge in [0.05, 0.1) is 5.52 Å². The molecule has 2 aromatic carbocycles. The van der Waals surface area contributed by atoms with E-state index in [-0.39, 0.29) is 12.3 Å². The standard InChI is InChI=1S/C19H15FN2O3/c1-12(23)25-11-14-10-15(20)7-9-17(14)22-19(24)18-8-6-13-4-2-3-5-16(13)21-18/h2-10H,11H2,1H3,(H,22,24). The van der Waals surface area contributed by atoms with Crippen LogP contribution in [-0.2, 0) is 16.1 Å². The Kier molecular flexibility index (Phi) is 4.70. The number of halogens is 1. The number of hydrogen-bond donors (Lipinski definition) is 1. The van der Waals surface area contributed by atoms with Crippen molar-refractivity contribution in [3.63, 3.8) is 0 Å². The number of para-hydroxylation sites is 1. The normalized spacial score (nSPS) is 10.5. The van der Waals surface area contributed by atoms with Crippen molar-refractivity contribution < 1.29 is 18.7 Å². The number of amides is 1. The Labute approximate surface area is 143 Å². The minimum absolute atomic E-state index is 0.131. The van der Waals surface area contributed by atoms with Crippen molar-refractivity contribution in [1.82, 2.24) is 4.98 Å². The molecule has 5 nitrogen and oxygen atoms in total. The fourth-order valence-corrected chi connectivity index (χ4v) is 2.36. The molecule has 6 heteroatoms. The van der Waals surface area contributed by atoms with Gasteiger partial charge in [-0.25, -0.2) is 9.37 Å². The first-order chi connectivity index (χ1) is 12.0. The second-order valence-corrected chi connectivity index (χ2v) is 5.43. The number of hydrogen-bond acceptors (Lipinski definition) is 4. The lowest BCUT2D eigenvalue weighted by molar-refractivity contribution is -0.142. The summed E-state index contributed by atoms with van der Waals surface area (Å²) in [4.78, 5) is 27.7. The molecule has 0 bridgehead atoms. The summed E-state index contributed by atoms with van der Waals surface area (Å²) in [7, 11) is 0. The van der Waals surface area contributed by atoms with Crippen LogP contribution in [0.25, 0.3) is 10.9 Å². The van der Waals surface area contributed by atoms with Gasteiger partial charge >= 0.3 is 5.97 Å². The van der Waals surface area contributed by atoms with Gasteiger partial charge in [-0.2, -0.15) is 0 Å². The van der Waals surface area contributed by atoms with E-state index in [0.717, 1.165) is 5.39 Å². The first-order valence-electron chi connectivity index (χ1n) is 7.62. The summed E-state index contributed by atoms with van der Waals surface area (Å²) in [6.07, 6.45) is 0. The molecular formula is C19H15FN2O3. The topological polar surface area (TPSA) is 68.3 Å². The molecule has 1 N–H and O–H groups in total. The second-order valence-electron chi connectivity index (χ2n) is 5.43. The van der Waals surface area contributed by atoms with Gasteiger partial charge in [0.25, 0.3) is 5.91 Å². The summed E-state index contributed by atoms with van der Waals surface area (Å²) < 4.78 is 18.3. The Bertz CT molecular complexity index is 956. The summed E-state index contributed by atoms with van der Waals surface area (Å²) in [5.74, 6) is -1.40. The number of nitrogens with zero attached hydrogens (tertiary/aromatic N) is 1. The van der Waals surface area contributed by atoms with E-state index in [1.165, 1.54) is 25.1 Å². The largest absolute Gasteiger partial charge is 0.461 e. The molecule has 0 saturated carbocycles. The molecule has 0 fully saturated rings. The van der Waals surface area contributed by atoms with Crippen LogP contribution in [0.2, 0.25) is 0 Å². The number of carbonyl (C=O) groups excluding carboxylic acids is 2. The maximum atomic E-state index is 13.4. The lowest BCUT2D eigenvalue weighted by Gasteiger charge is -2.11. The maximum Gasteiger partial charge on any atom is 0.302 e. The molecule has 1 heterocycles. The zero-order valence-electron chi connectivity index (χ0n) is 13.5. The Morgan fingerprint density at radius 1 is 1.12 bits per heavy atom. The molecule has 126 valence electrons. The van der Waals surface area contributed by atoms with E-state index < -0.39 is 17.7 Å². The molecule has 3 rings (SSSR count). The van der Waals surface area contributed by atoms with Crippen molar-refractivity contribution >= 4 is 28.5 Å². The van der Waals surface area contributed by atoms with E-state index in [0.29, 0.717) is 16.8 Å². The van der Waals surface area contributed by atoms with Gasteiger partial charge in [-0.15, -0.1) is 0 Å². The third-order valence-electron chi connectivity index (χ3n) is 3.58. The van der Waals surface area contributed by atoms with E-state index in [1.807, 2.05) is 30.3 Å². The van der Waals surface area contributed by atoms with Crippen LogP contribution in [0.4, 0.5) is 10.1 Å². The minimum Gasteiger partial charge on any atom is -0.461 e. The van der Waals surface area contributed by atoms with Crippen molar-refractivity contribution in [2.24, 2.45) is 0 Å². The number of ether oxygens (including phenoxy) is 1. The molecule has 0 aliphatic rings. The van der Waals surface area contributed by atoms with Gasteiger partial charge < -0.3 is 10.1 Å². The van der Waals surface area contributed by atoms with E-state index in [9.17, 15) is 14.0 Å². The highest BCUT2D eigenvalue weighted by Gasteiger charge is 2.12. The lowest BCUT2D eigenvalue weighted by atomic mass is 10.1. The summed E-state index contributed by atoms with van der Waals surface area (Å²) in [6.45, 7) is 1.13. The monoisotopic (exact) mass is 338 g/mol. The first-order valence-corrected chi connectivity index (χ1v) is 7.62. The average Bonchev–Trinajstić information content (AvgIpc) is 2.61. The zero-order valence-corrected chi connectivity index (χ0v) is 13.5. The summed E-state index contributed by atoms with van der Waals surface area (Å²) >= 11 is 0. The number of pyridine rings is 1. The third kappa shape index (κ3) is 3.98. The number of carbonyl (C=O) groups is 2. The molecule has 0 atom stereocenters. The smallest absolute Gasteiger partial charge is 0.302 e. The number of anilines is 1. The van der Waals surface area contributed by atoms with E-state index in [1.54, 1.807) is 6.07 Å². The Balaban J connectivity index is 1.85. The first kappa shape index (κ1) is 16.6. The predicted molar refractivity (Wildman–Crippen MR) is 91.6 cm³/mol. The molecule has 0 unspecified atom stereocenters. The van der Waals surface area contributed by atoms with Gasteiger partial charge in [-0.1, -0.05) is 24.3 Å².